The van der Waals surface area contributed by atoms with Crippen molar-refractivity contribution in [3.8, 4) is 5.75 Å². The standard InChI is InChI=1S/C25H30N4O5/c1-2-34-17-6-3-15(4-7-17)13-26-22(31)20-12-25(9-10-25)14-29(20)23(32)16-5-8-19-18(11-16)21(30)28-24(33)27-19/h3-4,6-7,16,20H,2,5,8-14H2,1H3,(H,26,31)(H2,27,28,30,33)/t16?,20-/m1/s1. The van der Waals surface area contributed by atoms with Gasteiger partial charge in [-0.15, -0.1) is 0 Å². The second-order valence-electron chi connectivity index (χ2n) is 9.79. The molecule has 1 spiro atoms. The summed E-state index contributed by atoms with van der Waals surface area (Å²) in [6.45, 7) is 3.51. The van der Waals surface area contributed by atoms with E-state index < -0.39 is 17.3 Å². The van der Waals surface area contributed by atoms with Crippen LogP contribution in [0, 0.1) is 11.3 Å². The number of fused-ring (bicyclic) bond motifs is 1. The zero-order chi connectivity index (χ0) is 23.9. The van der Waals surface area contributed by atoms with Crippen LogP contribution in [-0.4, -0.2) is 45.9 Å². The first-order chi connectivity index (χ1) is 16.4. The fourth-order valence-electron chi connectivity index (χ4n) is 5.34. The third-order valence-electron chi connectivity index (χ3n) is 7.42. The Bertz CT molecular complexity index is 1210. The van der Waals surface area contributed by atoms with Crippen LogP contribution in [0.2, 0.25) is 0 Å². The molecule has 1 aromatic carbocycles. The molecule has 3 N–H and O–H groups in total. The van der Waals surface area contributed by atoms with Gasteiger partial charge in [0, 0.05) is 30.3 Å². The SMILES string of the molecule is CCOc1ccc(CNC(=O)[C@H]2CC3(CC3)CN2C(=O)C2CCc3[nH]c(=O)[nH]c(=O)c3C2)cc1. The van der Waals surface area contributed by atoms with Crippen molar-refractivity contribution >= 4 is 11.8 Å². The smallest absolute Gasteiger partial charge is 0.325 e. The Balaban J connectivity index is 1.27. The van der Waals surface area contributed by atoms with Gasteiger partial charge in [0.15, 0.2) is 0 Å². The summed E-state index contributed by atoms with van der Waals surface area (Å²) < 4.78 is 5.46. The van der Waals surface area contributed by atoms with Crippen molar-refractivity contribution in [1.29, 1.82) is 0 Å². The Kier molecular flexibility index (Phi) is 5.79. The topological polar surface area (TPSA) is 124 Å². The van der Waals surface area contributed by atoms with Crippen LogP contribution < -0.4 is 21.3 Å². The zero-order valence-corrected chi connectivity index (χ0v) is 19.3. The van der Waals surface area contributed by atoms with Crippen LogP contribution in [0.4, 0.5) is 0 Å². The quantitative estimate of drug-likeness (QED) is 0.591. The van der Waals surface area contributed by atoms with Gasteiger partial charge in [0.2, 0.25) is 11.8 Å². The minimum atomic E-state index is -0.520. The van der Waals surface area contributed by atoms with Gasteiger partial charge in [0.25, 0.3) is 5.56 Å². The van der Waals surface area contributed by atoms with Crippen molar-refractivity contribution in [1.82, 2.24) is 20.2 Å². The van der Waals surface area contributed by atoms with E-state index in [0.29, 0.717) is 50.2 Å². The summed E-state index contributed by atoms with van der Waals surface area (Å²) in [5.74, 6) is 0.221. The number of benzene rings is 1. The lowest BCUT2D eigenvalue weighted by atomic mass is 9.86. The molecule has 1 unspecified atom stereocenters. The molecule has 2 atom stereocenters. The average molecular weight is 467 g/mol. The maximum Gasteiger partial charge on any atom is 0.325 e. The summed E-state index contributed by atoms with van der Waals surface area (Å²) in [5.41, 5.74) is 1.16. The van der Waals surface area contributed by atoms with Crippen LogP contribution in [0.3, 0.4) is 0 Å². The van der Waals surface area contributed by atoms with Crippen LogP contribution in [0.25, 0.3) is 0 Å². The van der Waals surface area contributed by atoms with Crippen LogP contribution >= 0.6 is 0 Å². The summed E-state index contributed by atoms with van der Waals surface area (Å²) in [4.78, 5) is 57.2. The summed E-state index contributed by atoms with van der Waals surface area (Å²) >= 11 is 0. The third kappa shape index (κ3) is 4.38. The number of aromatic nitrogens is 2. The van der Waals surface area contributed by atoms with E-state index >= 15 is 0 Å². The number of hydrogen-bond donors (Lipinski definition) is 3. The Morgan fingerprint density at radius 2 is 1.94 bits per heavy atom. The van der Waals surface area contributed by atoms with Gasteiger partial charge in [-0.25, -0.2) is 4.79 Å². The fourth-order valence-corrected chi connectivity index (χ4v) is 5.34. The Morgan fingerprint density at radius 3 is 2.65 bits per heavy atom. The molecule has 1 saturated carbocycles. The van der Waals surface area contributed by atoms with E-state index in [4.69, 9.17) is 4.74 Å². The third-order valence-corrected chi connectivity index (χ3v) is 7.42. The Hall–Kier alpha value is -3.36. The molecule has 0 radical (unpaired) electrons. The number of ether oxygens (including phenoxy) is 1. The number of aryl methyl sites for hydroxylation is 1. The highest BCUT2D eigenvalue weighted by Gasteiger charge is 2.55. The van der Waals surface area contributed by atoms with Gasteiger partial charge in [-0.05, 0) is 68.6 Å². The van der Waals surface area contributed by atoms with Gasteiger partial charge in [-0.1, -0.05) is 12.1 Å². The van der Waals surface area contributed by atoms with Crippen molar-refractivity contribution < 1.29 is 14.3 Å². The van der Waals surface area contributed by atoms with Crippen molar-refractivity contribution in [3.05, 3.63) is 61.9 Å². The number of carbonyl (C=O) groups is 2. The lowest BCUT2D eigenvalue weighted by Gasteiger charge is -2.30. The van der Waals surface area contributed by atoms with E-state index in [0.717, 1.165) is 24.2 Å². The Morgan fingerprint density at radius 1 is 1.18 bits per heavy atom. The van der Waals surface area contributed by atoms with E-state index in [9.17, 15) is 19.2 Å². The van der Waals surface area contributed by atoms with Crippen LogP contribution in [-0.2, 0) is 29.0 Å². The van der Waals surface area contributed by atoms with E-state index in [1.165, 1.54) is 0 Å². The Labute approximate surface area is 196 Å². The molecule has 2 aliphatic carbocycles. The largest absolute Gasteiger partial charge is 0.494 e. The predicted molar refractivity (Wildman–Crippen MR) is 124 cm³/mol. The first-order valence-electron chi connectivity index (χ1n) is 12.0. The molecule has 9 heteroatoms. The predicted octanol–water partition coefficient (Wildman–Crippen LogP) is 1.26. The number of amides is 2. The average Bonchev–Trinajstić information content (AvgIpc) is 3.47. The first-order valence-corrected chi connectivity index (χ1v) is 12.0. The zero-order valence-electron chi connectivity index (χ0n) is 19.3. The van der Waals surface area contributed by atoms with Crippen molar-refractivity contribution in [2.24, 2.45) is 11.3 Å². The van der Waals surface area contributed by atoms with Gasteiger partial charge in [0.05, 0.1) is 6.61 Å². The second-order valence-corrected chi connectivity index (χ2v) is 9.79. The minimum Gasteiger partial charge on any atom is -0.494 e. The number of carbonyl (C=O) groups excluding carboxylic acids is 2. The lowest BCUT2D eigenvalue weighted by molar-refractivity contribution is -0.142. The highest BCUT2D eigenvalue weighted by Crippen LogP contribution is 2.55. The highest BCUT2D eigenvalue weighted by atomic mass is 16.5. The molecule has 180 valence electrons. The normalized spacial score (nSPS) is 22.3. The summed E-state index contributed by atoms with van der Waals surface area (Å²) in [7, 11) is 0. The molecular weight excluding hydrogens is 436 g/mol. The van der Waals surface area contributed by atoms with E-state index in [1.807, 2.05) is 31.2 Å². The number of likely N-dealkylation sites (tertiary alicyclic amines) is 1. The van der Waals surface area contributed by atoms with Crippen LogP contribution in [0.15, 0.2) is 33.9 Å². The van der Waals surface area contributed by atoms with Crippen LogP contribution in [0.5, 0.6) is 5.75 Å². The molecule has 3 aliphatic rings. The van der Waals surface area contributed by atoms with Crippen molar-refractivity contribution in [2.45, 2.75) is 58.0 Å². The first kappa shape index (κ1) is 22.4. The highest BCUT2D eigenvalue weighted by molar-refractivity contribution is 5.89. The molecule has 5 rings (SSSR count). The molecule has 1 aromatic heterocycles. The molecule has 9 nitrogen and oxygen atoms in total. The van der Waals surface area contributed by atoms with Gasteiger partial charge in [0.1, 0.15) is 11.8 Å². The monoisotopic (exact) mass is 466 g/mol. The molecule has 2 fully saturated rings. The number of aromatic amines is 2. The number of rotatable bonds is 6. The van der Waals surface area contributed by atoms with Gasteiger partial charge in [-0.3, -0.25) is 19.4 Å². The van der Waals surface area contributed by atoms with Gasteiger partial charge >= 0.3 is 5.69 Å². The van der Waals surface area contributed by atoms with Crippen molar-refractivity contribution in [3.63, 3.8) is 0 Å². The molecule has 34 heavy (non-hydrogen) atoms. The molecule has 0 bridgehead atoms. The maximum absolute atomic E-state index is 13.5. The van der Waals surface area contributed by atoms with E-state index in [2.05, 4.69) is 15.3 Å². The number of nitrogens with zero attached hydrogens (tertiary/aromatic N) is 1. The molecule has 2 aromatic rings. The second kappa shape index (κ2) is 8.77. The lowest BCUT2D eigenvalue weighted by Crippen LogP contribution is -2.49. The molecule has 1 aliphatic heterocycles. The number of hydrogen-bond acceptors (Lipinski definition) is 5. The minimum absolute atomic E-state index is 0.0616. The van der Waals surface area contributed by atoms with Crippen molar-refractivity contribution in [2.75, 3.05) is 13.2 Å². The summed E-state index contributed by atoms with van der Waals surface area (Å²) in [6.07, 6.45) is 4.06. The van der Waals surface area contributed by atoms with E-state index in [1.54, 1.807) is 4.90 Å². The summed E-state index contributed by atoms with van der Waals surface area (Å²) in [6, 6.07) is 7.11. The summed E-state index contributed by atoms with van der Waals surface area (Å²) in [5, 5.41) is 3.01. The fraction of sp³-hybridized carbons (Fsp3) is 0.520. The van der Waals surface area contributed by atoms with Gasteiger partial charge < -0.3 is 19.9 Å². The number of nitrogens with one attached hydrogen (secondary N) is 3. The molecule has 2 heterocycles. The molecule has 1 saturated heterocycles. The number of H-pyrrole nitrogens is 2. The van der Waals surface area contributed by atoms with Gasteiger partial charge in [-0.2, -0.15) is 0 Å². The molecular formula is C25H30N4O5. The van der Waals surface area contributed by atoms with E-state index in [-0.39, 0.29) is 29.6 Å². The maximum atomic E-state index is 13.5. The molecule has 2 amide bonds. The van der Waals surface area contributed by atoms with Crippen LogP contribution in [0.1, 0.15) is 49.4 Å².